The summed E-state index contributed by atoms with van der Waals surface area (Å²) in [5.74, 6) is -0.658. The zero-order valence-corrected chi connectivity index (χ0v) is 21.4. The first-order chi connectivity index (χ1) is 17.2. The molecule has 1 aliphatic carbocycles. The number of fused-ring (bicyclic) bond motifs is 1. The van der Waals surface area contributed by atoms with E-state index in [0.29, 0.717) is 12.3 Å². The zero-order valence-electron chi connectivity index (χ0n) is 21.4. The molecule has 0 aromatic heterocycles. The molecule has 196 valence electrons. The van der Waals surface area contributed by atoms with Gasteiger partial charge in [-0.25, -0.2) is 0 Å². The van der Waals surface area contributed by atoms with Crippen LogP contribution in [0.5, 0.6) is 0 Å². The normalized spacial score (nSPS) is 16.2. The van der Waals surface area contributed by atoms with Gasteiger partial charge in [0.2, 0.25) is 17.7 Å². The predicted octanol–water partition coefficient (Wildman–Crippen LogP) is 2.17. The average molecular weight is 497 g/mol. The summed E-state index contributed by atoms with van der Waals surface area (Å²) < 4.78 is 0. The summed E-state index contributed by atoms with van der Waals surface area (Å²) in [7, 11) is 0. The van der Waals surface area contributed by atoms with Crippen LogP contribution in [0.2, 0.25) is 0 Å². The number of nitrogens with two attached hydrogens (primary N) is 1. The van der Waals surface area contributed by atoms with E-state index < -0.39 is 29.5 Å². The van der Waals surface area contributed by atoms with Crippen LogP contribution in [0.4, 0.5) is 0 Å². The molecule has 1 aliphatic rings. The van der Waals surface area contributed by atoms with E-state index in [2.05, 4.69) is 16.0 Å². The first kappa shape index (κ1) is 27.6. The molecule has 0 heterocycles. The van der Waals surface area contributed by atoms with Gasteiger partial charge in [0.1, 0.15) is 11.6 Å². The molecule has 0 bridgehead atoms. The number of aliphatic hydroxyl groups is 1. The number of benzene rings is 2. The highest BCUT2D eigenvalue weighted by Crippen LogP contribution is 2.26. The topological polar surface area (TPSA) is 134 Å². The first-order valence-electron chi connectivity index (χ1n) is 12.9. The van der Waals surface area contributed by atoms with Gasteiger partial charge in [-0.2, -0.15) is 0 Å². The fourth-order valence-electron chi connectivity index (χ4n) is 4.68. The average Bonchev–Trinajstić information content (AvgIpc) is 2.86. The second-order valence-electron chi connectivity index (χ2n) is 10.4. The van der Waals surface area contributed by atoms with Gasteiger partial charge in [0, 0.05) is 25.9 Å². The summed E-state index contributed by atoms with van der Waals surface area (Å²) in [4.78, 5) is 38.9. The van der Waals surface area contributed by atoms with Gasteiger partial charge in [0.25, 0.3) is 0 Å². The summed E-state index contributed by atoms with van der Waals surface area (Å²) in [6.45, 7) is 3.29. The van der Waals surface area contributed by atoms with Crippen LogP contribution in [0.3, 0.4) is 0 Å². The van der Waals surface area contributed by atoms with Crippen molar-refractivity contribution in [3.8, 4) is 0 Å². The van der Waals surface area contributed by atoms with Crippen molar-refractivity contribution in [1.29, 1.82) is 0 Å². The summed E-state index contributed by atoms with van der Waals surface area (Å²) in [5.41, 5.74) is 5.14. The van der Waals surface area contributed by atoms with E-state index in [9.17, 15) is 19.5 Å². The number of carbonyl (C=O) groups is 3. The summed E-state index contributed by atoms with van der Waals surface area (Å²) >= 11 is 0. The second-order valence-corrected chi connectivity index (χ2v) is 10.4. The standard InChI is InChI=1S/C28H40N4O4/c1-28(2,32-25(34)16-19-8-4-3-5-9-19)27(36)31-24(26(35)30-18-23(33)17-29)15-20-12-13-21-10-6-7-11-22(21)14-20/h6-7,10-14,19,23-24,33H,3-5,8-9,15-18,29H2,1-2H3,(H,30,35)(H,31,36)(H,32,34)/t23?,24-/m1/s1. The number of carbonyl (C=O) groups excluding carboxylic acids is 3. The van der Waals surface area contributed by atoms with Crippen LogP contribution in [0.15, 0.2) is 42.5 Å². The van der Waals surface area contributed by atoms with E-state index in [4.69, 9.17) is 5.73 Å². The van der Waals surface area contributed by atoms with Crippen molar-refractivity contribution < 1.29 is 19.5 Å². The molecule has 8 nitrogen and oxygen atoms in total. The molecule has 0 saturated heterocycles. The van der Waals surface area contributed by atoms with Crippen LogP contribution in [0.1, 0.15) is 57.9 Å². The minimum atomic E-state index is -1.19. The number of rotatable bonds is 11. The number of nitrogens with one attached hydrogen (secondary N) is 3. The molecule has 8 heteroatoms. The van der Waals surface area contributed by atoms with Crippen LogP contribution in [0.25, 0.3) is 10.8 Å². The largest absolute Gasteiger partial charge is 0.390 e. The van der Waals surface area contributed by atoms with Crippen molar-refractivity contribution in [3.63, 3.8) is 0 Å². The Morgan fingerprint density at radius 2 is 1.75 bits per heavy atom. The lowest BCUT2D eigenvalue weighted by Gasteiger charge is -2.29. The number of hydrogen-bond acceptors (Lipinski definition) is 5. The van der Waals surface area contributed by atoms with Crippen molar-refractivity contribution >= 4 is 28.5 Å². The third-order valence-electron chi connectivity index (χ3n) is 6.88. The van der Waals surface area contributed by atoms with Gasteiger partial charge in [-0.05, 0) is 48.9 Å². The Labute approximate surface area is 213 Å². The Morgan fingerprint density at radius 1 is 1.06 bits per heavy atom. The third-order valence-corrected chi connectivity index (χ3v) is 6.88. The molecule has 1 fully saturated rings. The van der Waals surface area contributed by atoms with Crippen molar-refractivity contribution in [2.75, 3.05) is 13.1 Å². The molecule has 1 unspecified atom stereocenters. The van der Waals surface area contributed by atoms with E-state index in [1.165, 1.54) is 6.42 Å². The summed E-state index contributed by atoms with van der Waals surface area (Å²) in [5, 5.41) is 20.2. The van der Waals surface area contributed by atoms with E-state index >= 15 is 0 Å². The number of aliphatic hydroxyl groups excluding tert-OH is 1. The number of hydrogen-bond donors (Lipinski definition) is 5. The van der Waals surface area contributed by atoms with E-state index in [1.807, 2.05) is 42.5 Å². The maximum atomic E-state index is 13.2. The molecule has 0 radical (unpaired) electrons. The lowest BCUT2D eigenvalue weighted by atomic mass is 9.86. The van der Waals surface area contributed by atoms with Gasteiger partial charge < -0.3 is 26.8 Å². The second kappa shape index (κ2) is 12.8. The molecule has 2 aromatic carbocycles. The van der Waals surface area contributed by atoms with Crippen LogP contribution in [0, 0.1) is 5.92 Å². The highest BCUT2D eigenvalue weighted by Gasteiger charge is 2.33. The molecular formula is C28H40N4O4. The van der Waals surface area contributed by atoms with Crippen molar-refractivity contribution in [1.82, 2.24) is 16.0 Å². The van der Waals surface area contributed by atoms with Gasteiger partial charge >= 0.3 is 0 Å². The maximum absolute atomic E-state index is 13.2. The molecule has 3 amide bonds. The van der Waals surface area contributed by atoms with Crippen molar-refractivity contribution in [2.45, 2.75) is 76.5 Å². The van der Waals surface area contributed by atoms with Gasteiger partial charge in [-0.1, -0.05) is 61.7 Å². The molecule has 6 N–H and O–H groups in total. The highest BCUT2D eigenvalue weighted by atomic mass is 16.3. The third kappa shape index (κ3) is 8.03. The van der Waals surface area contributed by atoms with E-state index in [-0.39, 0.29) is 25.4 Å². The smallest absolute Gasteiger partial charge is 0.245 e. The molecule has 0 spiro atoms. The van der Waals surface area contributed by atoms with Crippen LogP contribution in [-0.4, -0.2) is 53.6 Å². The minimum absolute atomic E-state index is 0.0130. The summed E-state index contributed by atoms with van der Waals surface area (Å²) in [6, 6.07) is 12.9. The Morgan fingerprint density at radius 3 is 2.44 bits per heavy atom. The number of amides is 3. The quantitative estimate of drug-likeness (QED) is 0.325. The molecule has 0 aliphatic heterocycles. The molecule has 1 saturated carbocycles. The molecule has 3 rings (SSSR count). The Bertz CT molecular complexity index is 1050. The van der Waals surface area contributed by atoms with E-state index in [0.717, 1.165) is 42.0 Å². The van der Waals surface area contributed by atoms with Crippen LogP contribution >= 0.6 is 0 Å². The highest BCUT2D eigenvalue weighted by molar-refractivity contribution is 5.94. The lowest BCUT2D eigenvalue weighted by Crippen LogP contribution is -2.59. The summed E-state index contributed by atoms with van der Waals surface area (Å²) in [6.07, 6.45) is 5.39. The molecular weight excluding hydrogens is 456 g/mol. The Hall–Kier alpha value is -2.97. The van der Waals surface area contributed by atoms with Crippen molar-refractivity contribution in [2.24, 2.45) is 11.7 Å². The Balaban J connectivity index is 1.69. The molecule has 2 atom stereocenters. The monoisotopic (exact) mass is 496 g/mol. The fraction of sp³-hybridized carbons (Fsp3) is 0.536. The molecule has 36 heavy (non-hydrogen) atoms. The van der Waals surface area contributed by atoms with Gasteiger partial charge in [0.15, 0.2) is 0 Å². The zero-order chi connectivity index (χ0) is 26.1. The van der Waals surface area contributed by atoms with Crippen LogP contribution < -0.4 is 21.7 Å². The van der Waals surface area contributed by atoms with Crippen LogP contribution in [-0.2, 0) is 20.8 Å². The van der Waals surface area contributed by atoms with E-state index in [1.54, 1.807) is 13.8 Å². The SMILES string of the molecule is CC(C)(NC(=O)CC1CCCCC1)C(=O)N[C@H](Cc1ccc2ccccc2c1)C(=O)NCC(O)CN. The Kier molecular flexibility index (Phi) is 9.84. The minimum Gasteiger partial charge on any atom is -0.390 e. The molecule has 2 aromatic rings. The van der Waals surface area contributed by atoms with Gasteiger partial charge in [-0.3, -0.25) is 14.4 Å². The lowest BCUT2D eigenvalue weighted by molar-refractivity contribution is -0.135. The van der Waals surface area contributed by atoms with Gasteiger partial charge in [-0.15, -0.1) is 0 Å². The maximum Gasteiger partial charge on any atom is 0.245 e. The van der Waals surface area contributed by atoms with Gasteiger partial charge in [0.05, 0.1) is 6.10 Å². The predicted molar refractivity (Wildman–Crippen MR) is 141 cm³/mol. The first-order valence-corrected chi connectivity index (χ1v) is 12.9. The fourth-order valence-corrected chi connectivity index (χ4v) is 4.68. The van der Waals surface area contributed by atoms with Crippen molar-refractivity contribution in [3.05, 3.63) is 48.0 Å².